The van der Waals surface area contributed by atoms with Gasteiger partial charge in [0.2, 0.25) is 17.7 Å². The summed E-state index contributed by atoms with van der Waals surface area (Å²) >= 11 is 6.00. The van der Waals surface area contributed by atoms with E-state index in [1.807, 2.05) is 0 Å². The fraction of sp³-hybridized carbons (Fsp3) is 0.591. The second-order valence-corrected chi connectivity index (χ2v) is 8.95. The molecule has 180 valence electrons. The summed E-state index contributed by atoms with van der Waals surface area (Å²) in [6, 6.07) is 2.10. The van der Waals surface area contributed by atoms with Crippen molar-refractivity contribution in [3.05, 3.63) is 22.8 Å². The van der Waals surface area contributed by atoms with E-state index in [9.17, 15) is 19.2 Å². The molecule has 10 nitrogen and oxygen atoms in total. The Morgan fingerprint density at radius 1 is 1.12 bits per heavy atom. The van der Waals surface area contributed by atoms with E-state index in [4.69, 9.17) is 21.1 Å². The summed E-state index contributed by atoms with van der Waals surface area (Å²) in [7, 11) is 2.69. The molecule has 3 rings (SSSR count). The molecule has 11 heteroatoms. The van der Waals surface area contributed by atoms with Gasteiger partial charge in [-0.05, 0) is 30.7 Å². The number of esters is 1. The van der Waals surface area contributed by atoms with Crippen molar-refractivity contribution in [2.24, 2.45) is 5.41 Å². The number of rotatable bonds is 6. The van der Waals surface area contributed by atoms with Crippen LogP contribution in [-0.4, -0.2) is 84.9 Å². The van der Waals surface area contributed by atoms with E-state index >= 15 is 0 Å². The Morgan fingerprint density at radius 3 is 2.33 bits per heavy atom. The topological polar surface area (TPSA) is 118 Å². The molecule has 2 fully saturated rings. The number of carbonyl (C=O) groups is 4. The SMILES string of the molecule is COC(=O)[C@H](CC(=O)N1CCC2(CCN(C(=O)c3cc(Cl)nc(OC)c3)CC2)C1)NC(C)=O. The monoisotopic (exact) mass is 480 g/mol. The van der Waals surface area contributed by atoms with Gasteiger partial charge in [-0.1, -0.05) is 11.6 Å². The van der Waals surface area contributed by atoms with E-state index in [1.165, 1.54) is 27.2 Å². The van der Waals surface area contributed by atoms with Crippen LogP contribution in [0.1, 0.15) is 43.0 Å². The molecule has 1 aromatic heterocycles. The number of nitrogens with one attached hydrogen (secondary N) is 1. The largest absolute Gasteiger partial charge is 0.481 e. The molecule has 1 atom stereocenters. The van der Waals surface area contributed by atoms with Crippen molar-refractivity contribution in [1.82, 2.24) is 20.1 Å². The smallest absolute Gasteiger partial charge is 0.328 e. The molecule has 1 aromatic rings. The van der Waals surface area contributed by atoms with Crippen LogP contribution in [0.4, 0.5) is 0 Å². The molecule has 3 amide bonds. The standard InChI is InChI=1S/C22H29ClN4O6/c1-14(28)24-16(21(31)33-3)12-19(29)27-9-6-22(13-27)4-7-26(8-5-22)20(30)15-10-17(23)25-18(11-15)32-2/h10-11,16H,4-9,12-13H2,1-3H3,(H,24,28)/t16-/m0/s1. The molecule has 1 spiro atoms. The summed E-state index contributed by atoms with van der Waals surface area (Å²) in [6.45, 7) is 3.57. The number of hydrogen-bond donors (Lipinski definition) is 1. The van der Waals surface area contributed by atoms with Crippen molar-refractivity contribution in [2.45, 2.75) is 38.6 Å². The summed E-state index contributed by atoms with van der Waals surface area (Å²) in [4.78, 5) is 56.5. The zero-order valence-electron chi connectivity index (χ0n) is 19.1. The quantitative estimate of drug-likeness (QED) is 0.481. The summed E-state index contributed by atoms with van der Waals surface area (Å²) < 4.78 is 9.80. The second kappa shape index (κ2) is 10.4. The number of aromatic nitrogens is 1. The van der Waals surface area contributed by atoms with Crippen molar-refractivity contribution in [1.29, 1.82) is 0 Å². The Labute approximate surface area is 197 Å². The molecule has 0 saturated carbocycles. The van der Waals surface area contributed by atoms with Crippen molar-refractivity contribution in [3.8, 4) is 5.88 Å². The highest BCUT2D eigenvalue weighted by atomic mass is 35.5. The van der Waals surface area contributed by atoms with E-state index in [-0.39, 0.29) is 34.7 Å². The minimum absolute atomic E-state index is 0.0607. The van der Waals surface area contributed by atoms with Gasteiger partial charge >= 0.3 is 5.97 Å². The molecule has 33 heavy (non-hydrogen) atoms. The van der Waals surface area contributed by atoms with E-state index in [0.29, 0.717) is 31.7 Å². The molecular weight excluding hydrogens is 452 g/mol. The van der Waals surface area contributed by atoms with Crippen molar-refractivity contribution in [3.63, 3.8) is 0 Å². The summed E-state index contributed by atoms with van der Waals surface area (Å²) in [5, 5.41) is 2.67. The van der Waals surface area contributed by atoms with Gasteiger partial charge < -0.3 is 24.6 Å². The predicted octanol–water partition coefficient (Wildman–Crippen LogP) is 1.27. The molecule has 3 heterocycles. The summed E-state index contributed by atoms with van der Waals surface area (Å²) in [5.41, 5.74) is 0.368. The first-order valence-electron chi connectivity index (χ1n) is 10.8. The third-order valence-electron chi connectivity index (χ3n) is 6.37. The number of nitrogens with zero attached hydrogens (tertiary/aromatic N) is 3. The minimum Gasteiger partial charge on any atom is -0.481 e. The highest BCUT2D eigenvalue weighted by Gasteiger charge is 2.43. The number of methoxy groups -OCH3 is 2. The van der Waals surface area contributed by atoms with Gasteiger partial charge in [-0.3, -0.25) is 14.4 Å². The van der Waals surface area contributed by atoms with Gasteiger partial charge in [0.1, 0.15) is 11.2 Å². The number of pyridine rings is 1. The number of carbonyl (C=O) groups excluding carboxylic acids is 4. The van der Waals surface area contributed by atoms with E-state index < -0.39 is 17.9 Å². The lowest BCUT2D eigenvalue weighted by Gasteiger charge is -2.39. The first-order valence-corrected chi connectivity index (χ1v) is 11.2. The number of piperidine rings is 1. The van der Waals surface area contributed by atoms with Crippen molar-refractivity contribution < 1.29 is 28.7 Å². The maximum absolute atomic E-state index is 12.9. The van der Waals surface area contributed by atoms with Gasteiger partial charge in [0.15, 0.2) is 0 Å². The van der Waals surface area contributed by atoms with Crippen molar-refractivity contribution in [2.75, 3.05) is 40.4 Å². The Morgan fingerprint density at radius 2 is 1.76 bits per heavy atom. The fourth-order valence-corrected chi connectivity index (χ4v) is 4.71. The second-order valence-electron chi connectivity index (χ2n) is 8.56. The van der Waals surface area contributed by atoms with E-state index in [2.05, 4.69) is 10.3 Å². The lowest BCUT2D eigenvalue weighted by atomic mass is 9.77. The van der Waals surface area contributed by atoms with Crippen LogP contribution in [0, 0.1) is 5.41 Å². The normalized spacial score (nSPS) is 18.1. The zero-order chi connectivity index (χ0) is 24.2. The van der Waals surface area contributed by atoms with Crippen LogP contribution in [0.5, 0.6) is 5.88 Å². The van der Waals surface area contributed by atoms with Crippen LogP contribution in [0.2, 0.25) is 5.15 Å². The number of hydrogen-bond acceptors (Lipinski definition) is 7. The number of amides is 3. The molecule has 0 unspecified atom stereocenters. The van der Waals surface area contributed by atoms with E-state index in [1.54, 1.807) is 15.9 Å². The molecule has 1 N–H and O–H groups in total. The van der Waals surface area contributed by atoms with Gasteiger partial charge in [-0.2, -0.15) is 0 Å². The average Bonchev–Trinajstić information content (AvgIpc) is 3.21. The van der Waals surface area contributed by atoms with Crippen LogP contribution >= 0.6 is 11.6 Å². The highest BCUT2D eigenvalue weighted by Crippen LogP contribution is 2.41. The van der Waals surface area contributed by atoms with Crippen LogP contribution < -0.4 is 10.1 Å². The molecule has 0 aliphatic carbocycles. The Bertz CT molecular complexity index is 931. The third kappa shape index (κ3) is 5.93. The van der Waals surface area contributed by atoms with Gasteiger partial charge in [-0.15, -0.1) is 0 Å². The average molecular weight is 481 g/mol. The molecule has 0 bridgehead atoms. The predicted molar refractivity (Wildman–Crippen MR) is 119 cm³/mol. The molecule has 2 aliphatic rings. The molecular formula is C22H29ClN4O6. The van der Waals surface area contributed by atoms with Crippen LogP contribution in [0.25, 0.3) is 0 Å². The zero-order valence-corrected chi connectivity index (χ0v) is 19.8. The summed E-state index contributed by atoms with van der Waals surface area (Å²) in [6.07, 6.45) is 2.23. The third-order valence-corrected chi connectivity index (χ3v) is 6.56. The van der Waals surface area contributed by atoms with Gasteiger partial charge in [0, 0.05) is 44.7 Å². The van der Waals surface area contributed by atoms with Crippen molar-refractivity contribution >= 4 is 35.3 Å². The Hall–Kier alpha value is -2.88. The molecule has 0 radical (unpaired) electrons. The van der Waals surface area contributed by atoms with Crippen LogP contribution in [0.15, 0.2) is 12.1 Å². The lowest BCUT2D eigenvalue weighted by Crippen LogP contribution is -2.46. The fourth-order valence-electron chi connectivity index (χ4n) is 4.51. The molecule has 0 aromatic carbocycles. The minimum atomic E-state index is -1.000. The van der Waals surface area contributed by atoms with Gasteiger partial charge in [0.05, 0.1) is 20.6 Å². The van der Waals surface area contributed by atoms with E-state index in [0.717, 1.165) is 19.3 Å². The first kappa shape index (κ1) is 24.8. The van der Waals surface area contributed by atoms with Crippen LogP contribution in [-0.2, 0) is 19.1 Å². The van der Waals surface area contributed by atoms with Gasteiger partial charge in [-0.25, -0.2) is 9.78 Å². The lowest BCUT2D eigenvalue weighted by molar-refractivity contribution is -0.147. The molecule has 2 aliphatic heterocycles. The first-order chi connectivity index (χ1) is 15.7. The number of ether oxygens (including phenoxy) is 2. The maximum atomic E-state index is 12.9. The maximum Gasteiger partial charge on any atom is 0.328 e. The van der Waals surface area contributed by atoms with Crippen LogP contribution in [0.3, 0.4) is 0 Å². The number of likely N-dealkylation sites (tertiary alicyclic amines) is 2. The summed E-state index contributed by atoms with van der Waals surface area (Å²) in [5.74, 6) is -1.09. The Balaban J connectivity index is 1.57. The highest BCUT2D eigenvalue weighted by molar-refractivity contribution is 6.29. The Kier molecular flexibility index (Phi) is 7.78. The number of halogens is 1. The molecule has 2 saturated heterocycles. The van der Waals surface area contributed by atoms with Gasteiger partial charge in [0.25, 0.3) is 5.91 Å².